The largest absolute Gasteiger partial charge is 0.450 e. The minimum atomic E-state index is -0.582. The van der Waals surface area contributed by atoms with E-state index in [1.54, 1.807) is 17.2 Å². The number of nitrogens with zero attached hydrogens (tertiary/aromatic N) is 2. The number of thiazole rings is 1. The van der Waals surface area contributed by atoms with Gasteiger partial charge in [0.15, 0.2) is 10.6 Å². The van der Waals surface area contributed by atoms with E-state index in [9.17, 15) is 9.59 Å². The molecule has 6 heteroatoms. The summed E-state index contributed by atoms with van der Waals surface area (Å²) in [7, 11) is 0. The molecule has 6 rings (SSSR count). The average Bonchev–Trinajstić information content (AvgIpc) is 3.41. The maximum Gasteiger partial charge on any atom is 0.297 e. The molecule has 0 aliphatic carbocycles. The zero-order valence-electron chi connectivity index (χ0n) is 16.5. The molecule has 2 aromatic heterocycles. The molecular formula is C25H16N2O3S. The molecule has 31 heavy (non-hydrogen) atoms. The van der Waals surface area contributed by atoms with Gasteiger partial charge in [-0.2, -0.15) is 0 Å². The lowest BCUT2D eigenvalue weighted by Crippen LogP contribution is -2.29. The van der Waals surface area contributed by atoms with E-state index in [-0.39, 0.29) is 17.1 Å². The summed E-state index contributed by atoms with van der Waals surface area (Å²) >= 11 is 1.36. The van der Waals surface area contributed by atoms with Crippen molar-refractivity contribution in [3.05, 3.63) is 105 Å². The zero-order valence-corrected chi connectivity index (χ0v) is 17.3. The maximum atomic E-state index is 13.7. The highest BCUT2D eigenvalue weighted by molar-refractivity contribution is 7.13. The summed E-state index contributed by atoms with van der Waals surface area (Å²) in [5.74, 6) is -0.253. The van der Waals surface area contributed by atoms with E-state index < -0.39 is 6.04 Å². The normalized spacial score (nSPS) is 15.7. The Kier molecular flexibility index (Phi) is 3.85. The van der Waals surface area contributed by atoms with E-state index >= 15 is 0 Å². The predicted octanol–water partition coefficient (Wildman–Crippen LogP) is 5.46. The van der Waals surface area contributed by atoms with Crippen LogP contribution in [-0.4, -0.2) is 10.9 Å². The number of benzene rings is 3. The van der Waals surface area contributed by atoms with Crippen LogP contribution in [0.5, 0.6) is 0 Å². The van der Waals surface area contributed by atoms with Gasteiger partial charge in [0.05, 0.1) is 17.0 Å². The van der Waals surface area contributed by atoms with Crippen LogP contribution >= 0.6 is 11.3 Å². The number of rotatable bonds is 2. The van der Waals surface area contributed by atoms with Gasteiger partial charge < -0.3 is 4.42 Å². The molecule has 0 saturated carbocycles. The van der Waals surface area contributed by atoms with Crippen molar-refractivity contribution in [2.75, 3.05) is 4.90 Å². The van der Waals surface area contributed by atoms with Gasteiger partial charge in [-0.25, -0.2) is 4.98 Å². The standard InChI is InChI=1S/C25H16N2O3S/c1-14-6-8-16(9-7-14)20-19-21(28)18-11-10-15-4-2-3-5-17(15)22(18)30-23(19)24(29)27(20)25-26-12-13-31-25/h2-13,20H,1H3/t20-/m1/s1. The lowest BCUT2D eigenvalue weighted by atomic mass is 9.97. The van der Waals surface area contributed by atoms with Crippen LogP contribution in [0.4, 0.5) is 5.13 Å². The Hall–Kier alpha value is -3.77. The smallest absolute Gasteiger partial charge is 0.297 e. The van der Waals surface area contributed by atoms with E-state index in [0.717, 1.165) is 21.9 Å². The van der Waals surface area contributed by atoms with Gasteiger partial charge in [0, 0.05) is 17.0 Å². The second kappa shape index (κ2) is 6.62. The third-order valence-corrected chi connectivity index (χ3v) is 6.55. The first-order chi connectivity index (χ1) is 15.1. The molecule has 0 saturated heterocycles. The van der Waals surface area contributed by atoms with Crippen molar-refractivity contribution in [2.45, 2.75) is 13.0 Å². The monoisotopic (exact) mass is 424 g/mol. The lowest BCUT2D eigenvalue weighted by molar-refractivity contribution is 0.0971. The molecule has 0 spiro atoms. The molecule has 1 aliphatic heterocycles. The molecular weight excluding hydrogens is 408 g/mol. The molecule has 5 nitrogen and oxygen atoms in total. The first-order valence-corrected chi connectivity index (χ1v) is 10.8. The minimum Gasteiger partial charge on any atom is -0.450 e. The van der Waals surface area contributed by atoms with Crippen LogP contribution in [0, 0.1) is 6.92 Å². The lowest BCUT2D eigenvalue weighted by Gasteiger charge is -2.22. The van der Waals surface area contributed by atoms with Crippen molar-refractivity contribution in [3.63, 3.8) is 0 Å². The second-order valence-electron chi connectivity index (χ2n) is 7.64. The van der Waals surface area contributed by atoms with Gasteiger partial charge in [-0.1, -0.05) is 60.2 Å². The molecule has 3 heterocycles. The van der Waals surface area contributed by atoms with Crippen molar-refractivity contribution >= 4 is 44.1 Å². The molecule has 0 N–H and O–H groups in total. The first kappa shape index (κ1) is 18.0. The molecule has 3 aromatic carbocycles. The Balaban J connectivity index is 1.70. The summed E-state index contributed by atoms with van der Waals surface area (Å²) in [6, 6.07) is 18.7. The Morgan fingerprint density at radius 3 is 2.55 bits per heavy atom. The summed E-state index contributed by atoms with van der Waals surface area (Å²) in [4.78, 5) is 33.2. The topological polar surface area (TPSA) is 63.4 Å². The van der Waals surface area contributed by atoms with Crippen LogP contribution in [0.2, 0.25) is 0 Å². The number of carbonyl (C=O) groups excluding carboxylic acids is 1. The minimum absolute atomic E-state index is 0.0922. The Morgan fingerprint density at radius 2 is 1.77 bits per heavy atom. The third-order valence-electron chi connectivity index (χ3n) is 5.78. The number of carbonyl (C=O) groups is 1. The molecule has 1 atom stereocenters. The van der Waals surface area contributed by atoms with Crippen LogP contribution in [0.1, 0.15) is 33.3 Å². The number of aromatic nitrogens is 1. The Bertz CT molecular complexity index is 1540. The van der Waals surface area contributed by atoms with Crippen LogP contribution in [0.15, 0.2) is 81.5 Å². The Morgan fingerprint density at radius 1 is 0.968 bits per heavy atom. The summed E-state index contributed by atoms with van der Waals surface area (Å²) in [6.07, 6.45) is 1.65. The maximum absolute atomic E-state index is 13.7. The molecule has 150 valence electrons. The fourth-order valence-electron chi connectivity index (χ4n) is 4.30. The van der Waals surface area contributed by atoms with Gasteiger partial charge in [0.25, 0.3) is 5.91 Å². The molecule has 0 bridgehead atoms. The number of fused-ring (bicyclic) bond motifs is 4. The third kappa shape index (κ3) is 2.58. The molecule has 0 fully saturated rings. The molecule has 5 aromatic rings. The fourth-order valence-corrected chi connectivity index (χ4v) is 4.96. The van der Waals surface area contributed by atoms with E-state index in [0.29, 0.717) is 21.7 Å². The van der Waals surface area contributed by atoms with E-state index in [4.69, 9.17) is 4.42 Å². The van der Waals surface area contributed by atoms with Crippen molar-refractivity contribution in [1.82, 2.24) is 4.98 Å². The van der Waals surface area contributed by atoms with Crippen LogP contribution in [0.3, 0.4) is 0 Å². The SMILES string of the molecule is Cc1ccc([C@@H]2c3c(oc4c(ccc5ccccc54)c3=O)C(=O)N2c2nccs2)cc1. The first-order valence-electron chi connectivity index (χ1n) is 9.91. The summed E-state index contributed by atoms with van der Waals surface area (Å²) in [5.41, 5.74) is 2.58. The fraction of sp³-hybridized carbons (Fsp3) is 0.0800. The van der Waals surface area contributed by atoms with Gasteiger partial charge in [-0.3, -0.25) is 14.5 Å². The van der Waals surface area contributed by atoms with E-state index in [1.807, 2.05) is 66.9 Å². The van der Waals surface area contributed by atoms with Crippen LogP contribution in [0.25, 0.3) is 21.7 Å². The molecule has 1 aliphatic rings. The number of amides is 1. The van der Waals surface area contributed by atoms with Crippen molar-refractivity contribution < 1.29 is 9.21 Å². The second-order valence-corrected chi connectivity index (χ2v) is 8.51. The summed E-state index contributed by atoms with van der Waals surface area (Å²) in [6.45, 7) is 2.00. The summed E-state index contributed by atoms with van der Waals surface area (Å²) < 4.78 is 6.20. The van der Waals surface area contributed by atoms with Crippen molar-refractivity contribution in [3.8, 4) is 0 Å². The highest BCUT2D eigenvalue weighted by Crippen LogP contribution is 2.42. The molecule has 0 unspecified atom stereocenters. The highest BCUT2D eigenvalue weighted by atomic mass is 32.1. The van der Waals surface area contributed by atoms with Gasteiger partial charge >= 0.3 is 0 Å². The summed E-state index contributed by atoms with van der Waals surface area (Å²) in [5, 5.41) is 4.60. The Labute approximate surface area is 181 Å². The quantitative estimate of drug-likeness (QED) is 0.353. The molecule has 1 amide bonds. The van der Waals surface area contributed by atoms with Crippen LogP contribution in [-0.2, 0) is 0 Å². The predicted molar refractivity (Wildman–Crippen MR) is 122 cm³/mol. The molecule has 0 radical (unpaired) electrons. The number of anilines is 1. The average molecular weight is 424 g/mol. The number of hydrogen-bond acceptors (Lipinski definition) is 5. The van der Waals surface area contributed by atoms with Gasteiger partial charge in [0.2, 0.25) is 5.76 Å². The van der Waals surface area contributed by atoms with E-state index in [2.05, 4.69) is 4.98 Å². The van der Waals surface area contributed by atoms with Crippen LogP contribution < -0.4 is 10.3 Å². The van der Waals surface area contributed by atoms with Gasteiger partial charge in [-0.15, -0.1) is 11.3 Å². The zero-order chi connectivity index (χ0) is 21.1. The number of aryl methyl sites for hydroxylation is 1. The van der Waals surface area contributed by atoms with Crippen molar-refractivity contribution in [2.24, 2.45) is 0 Å². The van der Waals surface area contributed by atoms with Gasteiger partial charge in [0.1, 0.15) is 5.58 Å². The number of hydrogen-bond donors (Lipinski definition) is 0. The van der Waals surface area contributed by atoms with Gasteiger partial charge in [-0.05, 0) is 23.9 Å². The highest BCUT2D eigenvalue weighted by Gasteiger charge is 2.44. The van der Waals surface area contributed by atoms with E-state index in [1.165, 1.54) is 11.3 Å². The van der Waals surface area contributed by atoms with Crippen molar-refractivity contribution in [1.29, 1.82) is 0 Å².